The first-order valence-corrected chi connectivity index (χ1v) is 5.90. The van der Waals surface area contributed by atoms with Crippen molar-refractivity contribution >= 4 is 5.91 Å². The normalized spacial score (nSPS) is 22.1. The lowest BCUT2D eigenvalue weighted by Gasteiger charge is -2.23. The Morgan fingerprint density at radius 1 is 1.65 bits per heavy atom. The summed E-state index contributed by atoms with van der Waals surface area (Å²) < 4.78 is 15.7. The summed E-state index contributed by atoms with van der Waals surface area (Å²) >= 11 is 0. The van der Waals surface area contributed by atoms with Crippen LogP contribution in [0.3, 0.4) is 0 Å². The molecule has 1 aliphatic heterocycles. The summed E-state index contributed by atoms with van der Waals surface area (Å²) in [6.45, 7) is 5.25. The van der Waals surface area contributed by atoms with Crippen LogP contribution in [0.25, 0.3) is 0 Å². The van der Waals surface area contributed by atoms with Crippen LogP contribution in [0, 0.1) is 0 Å². The molecule has 0 aromatic carbocycles. The Labute approximate surface area is 102 Å². The van der Waals surface area contributed by atoms with Gasteiger partial charge in [-0.25, -0.2) is 0 Å². The first kappa shape index (κ1) is 14.4. The number of rotatable bonds is 7. The summed E-state index contributed by atoms with van der Waals surface area (Å²) in [7, 11) is 1.60. The molecule has 1 rings (SSSR count). The predicted octanol–water partition coefficient (Wildman–Crippen LogP) is -0.857. The number of carbonyl (C=O) groups is 1. The SMILES string of the molecule is COCC(C)NC(=O)COCC1CNCCO1. The molecule has 1 fully saturated rings. The maximum absolute atomic E-state index is 11.4. The van der Waals surface area contributed by atoms with Crippen molar-refractivity contribution in [1.29, 1.82) is 0 Å². The van der Waals surface area contributed by atoms with Crippen LogP contribution in [0.2, 0.25) is 0 Å². The maximum Gasteiger partial charge on any atom is 0.246 e. The van der Waals surface area contributed by atoms with Gasteiger partial charge in [-0.15, -0.1) is 0 Å². The van der Waals surface area contributed by atoms with Crippen molar-refractivity contribution in [3.8, 4) is 0 Å². The van der Waals surface area contributed by atoms with Gasteiger partial charge in [0.15, 0.2) is 0 Å². The number of morpholine rings is 1. The molecular formula is C11H22N2O4. The van der Waals surface area contributed by atoms with Gasteiger partial charge in [-0.05, 0) is 6.92 Å². The van der Waals surface area contributed by atoms with Crippen molar-refractivity contribution in [2.45, 2.75) is 19.1 Å². The highest BCUT2D eigenvalue weighted by Gasteiger charge is 2.14. The maximum atomic E-state index is 11.4. The Hall–Kier alpha value is -0.690. The number of hydrogen-bond donors (Lipinski definition) is 2. The Morgan fingerprint density at radius 3 is 3.12 bits per heavy atom. The summed E-state index contributed by atoms with van der Waals surface area (Å²) in [4.78, 5) is 11.4. The van der Waals surface area contributed by atoms with E-state index in [9.17, 15) is 4.79 Å². The zero-order valence-electron chi connectivity index (χ0n) is 10.5. The van der Waals surface area contributed by atoms with Gasteiger partial charge < -0.3 is 24.8 Å². The molecule has 0 aromatic rings. The third-order valence-corrected chi connectivity index (χ3v) is 2.37. The summed E-state index contributed by atoms with van der Waals surface area (Å²) in [6.07, 6.45) is 0.0490. The molecule has 0 spiro atoms. The molecule has 1 saturated heterocycles. The Kier molecular flexibility index (Phi) is 7.11. The highest BCUT2D eigenvalue weighted by atomic mass is 16.5. The molecule has 0 aromatic heterocycles. The molecular weight excluding hydrogens is 224 g/mol. The second-order valence-electron chi connectivity index (χ2n) is 4.14. The molecule has 100 valence electrons. The third kappa shape index (κ3) is 6.58. The van der Waals surface area contributed by atoms with Crippen LogP contribution in [-0.2, 0) is 19.0 Å². The molecule has 1 aliphatic rings. The number of carbonyl (C=O) groups excluding carboxylic acids is 1. The average molecular weight is 246 g/mol. The van der Waals surface area contributed by atoms with E-state index in [0.717, 1.165) is 13.1 Å². The van der Waals surface area contributed by atoms with Crippen LogP contribution in [-0.4, -0.2) is 64.7 Å². The average Bonchev–Trinajstić information content (AvgIpc) is 2.30. The van der Waals surface area contributed by atoms with E-state index in [-0.39, 0.29) is 24.7 Å². The third-order valence-electron chi connectivity index (χ3n) is 2.37. The minimum atomic E-state index is -0.127. The fourth-order valence-corrected chi connectivity index (χ4v) is 1.62. The number of methoxy groups -OCH3 is 1. The van der Waals surface area contributed by atoms with Crippen molar-refractivity contribution in [2.24, 2.45) is 0 Å². The summed E-state index contributed by atoms with van der Waals surface area (Å²) in [5.41, 5.74) is 0. The van der Waals surface area contributed by atoms with Gasteiger partial charge in [-0.1, -0.05) is 0 Å². The lowest BCUT2D eigenvalue weighted by molar-refractivity contribution is -0.128. The molecule has 2 atom stereocenters. The molecule has 1 heterocycles. The predicted molar refractivity (Wildman–Crippen MR) is 62.9 cm³/mol. The van der Waals surface area contributed by atoms with Crippen LogP contribution in [0.1, 0.15) is 6.92 Å². The lowest BCUT2D eigenvalue weighted by atomic mass is 10.3. The van der Waals surface area contributed by atoms with Crippen LogP contribution in [0.4, 0.5) is 0 Å². The van der Waals surface area contributed by atoms with Gasteiger partial charge in [0.2, 0.25) is 5.91 Å². The van der Waals surface area contributed by atoms with E-state index in [0.29, 0.717) is 19.8 Å². The zero-order valence-corrected chi connectivity index (χ0v) is 10.5. The Balaban J connectivity index is 2.03. The van der Waals surface area contributed by atoms with Crippen molar-refractivity contribution in [3.63, 3.8) is 0 Å². The smallest absolute Gasteiger partial charge is 0.246 e. The van der Waals surface area contributed by atoms with Crippen LogP contribution >= 0.6 is 0 Å². The van der Waals surface area contributed by atoms with Crippen molar-refractivity contribution in [2.75, 3.05) is 46.6 Å². The second kappa shape index (κ2) is 8.41. The molecule has 6 nitrogen and oxygen atoms in total. The van der Waals surface area contributed by atoms with E-state index in [1.165, 1.54) is 0 Å². The van der Waals surface area contributed by atoms with Gasteiger partial charge in [0.1, 0.15) is 6.61 Å². The van der Waals surface area contributed by atoms with Crippen molar-refractivity contribution in [3.05, 3.63) is 0 Å². The first-order chi connectivity index (χ1) is 8.22. The van der Waals surface area contributed by atoms with E-state index in [1.807, 2.05) is 6.92 Å². The monoisotopic (exact) mass is 246 g/mol. The van der Waals surface area contributed by atoms with E-state index in [1.54, 1.807) is 7.11 Å². The van der Waals surface area contributed by atoms with Gasteiger partial charge in [-0.3, -0.25) is 4.79 Å². The summed E-state index contributed by atoms with van der Waals surface area (Å²) in [6, 6.07) is 0.00342. The fraction of sp³-hybridized carbons (Fsp3) is 0.909. The number of hydrogen-bond acceptors (Lipinski definition) is 5. The molecule has 17 heavy (non-hydrogen) atoms. The molecule has 0 bridgehead atoms. The minimum Gasteiger partial charge on any atom is -0.383 e. The molecule has 1 amide bonds. The van der Waals surface area contributed by atoms with E-state index in [4.69, 9.17) is 14.2 Å². The number of amides is 1. The van der Waals surface area contributed by atoms with Crippen molar-refractivity contribution < 1.29 is 19.0 Å². The van der Waals surface area contributed by atoms with Crippen LogP contribution in [0.15, 0.2) is 0 Å². The van der Waals surface area contributed by atoms with Crippen molar-refractivity contribution in [1.82, 2.24) is 10.6 Å². The highest BCUT2D eigenvalue weighted by molar-refractivity contribution is 5.77. The Morgan fingerprint density at radius 2 is 2.47 bits per heavy atom. The topological polar surface area (TPSA) is 68.8 Å². The molecule has 0 aliphatic carbocycles. The van der Waals surface area contributed by atoms with E-state index < -0.39 is 0 Å². The molecule has 2 unspecified atom stereocenters. The number of nitrogens with one attached hydrogen (secondary N) is 2. The lowest BCUT2D eigenvalue weighted by Crippen LogP contribution is -2.42. The molecule has 2 N–H and O–H groups in total. The highest BCUT2D eigenvalue weighted by Crippen LogP contribution is 1.96. The zero-order chi connectivity index (χ0) is 12.5. The van der Waals surface area contributed by atoms with E-state index in [2.05, 4.69) is 10.6 Å². The van der Waals surface area contributed by atoms with Gasteiger partial charge in [0.25, 0.3) is 0 Å². The van der Waals surface area contributed by atoms with Gasteiger partial charge in [-0.2, -0.15) is 0 Å². The van der Waals surface area contributed by atoms with Gasteiger partial charge in [0.05, 0.1) is 25.9 Å². The van der Waals surface area contributed by atoms with Gasteiger partial charge >= 0.3 is 0 Å². The fourth-order valence-electron chi connectivity index (χ4n) is 1.62. The molecule has 0 saturated carbocycles. The molecule has 6 heteroatoms. The second-order valence-corrected chi connectivity index (χ2v) is 4.14. The number of ether oxygens (including phenoxy) is 3. The van der Waals surface area contributed by atoms with Gasteiger partial charge in [0, 0.05) is 26.2 Å². The first-order valence-electron chi connectivity index (χ1n) is 5.90. The summed E-state index contributed by atoms with van der Waals surface area (Å²) in [5, 5.41) is 5.97. The van der Waals surface area contributed by atoms with Crippen LogP contribution in [0.5, 0.6) is 0 Å². The van der Waals surface area contributed by atoms with E-state index >= 15 is 0 Å². The Bertz CT molecular complexity index is 220. The van der Waals surface area contributed by atoms with Crippen LogP contribution < -0.4 is 10.6 Å². The minimum absolute atomic E-state index is 0.00342. The molecule has 0 radical (unpaired) electrons. The largest absolute Gasteiger partial charge is 0.383 e. The quantitative estimate of drug-likeness (QED) is 0.612. The summed E-state index contributed by atoms with van der Waals surface area (Å²) in [5.74, 6) is -0.127. The standard InChI is InChI=1S/C11H22N2O4/c1-9(6-15-2)13-11(14)8-16-7-10-5-12-3-4-17-10/h9-10,12H,3-8H2,1-2H3,(H,13,14).